The van der Waals surface area contributed by atoms with Crippen LogP contribution in [0.25, 0.3) is 0 Å². The summed E-state index contributed by atoms with van der Waals surface area (Å²) >= 11 is 0. The third-order valence-electron chi connectivity index (χ3n) is 3.91. The SMILES string of the molecule is COc1ccc(CN(C)C(=O)NCCCCOc2ccc(F)cc2)cc1F. The Balaban J connectivity index is 1.63. The number of carbonyl (C=O) groups excluding carboxylic acids is 1. The zero-order chi connectivity index (χ0) is 19.6. The Morgan fingerprint density at radius 2 is 1.85 bits per heavy atom. The molecule has 27 heavy (non-hydrogen) atoms. The largest absolute Gasteiger partial charge is 0.494 e. The van der Waals surface area contributed by atoms with Gasteiger partial charge >= 0.3 is 6.03 Å². The summed E-state index contributed by atoms with van der Waals surface area (Å²) in [6.45, 7) is 1.29. The van der Waals surface area contributed by atoms with Crippen molar-refractivity contribution in [2.45, 2.75) is 19.4 Å². The molecular formula is C20H24F2N2O3. The molecule has 0 saturated carbocycles. The molecule has 0 aliphatic rings. The molecule has 0 aliphatic carbocycles. The van der Waals surface area contributed by atoms with Crippen LogP contribution in [0, 0.1) is 11.6 Å². The molecule has 146 valence electrons. The van der Waals surface area contributed by atoms with Crippen LogP contribution in [-0.2, 0) is 6.54 Å². The molecule has 0 atom stereocenters. The van der Waals surface area contributed by atoms with Gasteiger partial charge in [0.1, 0.15) is 11.6 Å². The molecule has 2 amide bonds. The number of nitrogens with one attached hydrogen (secondary N) is 1. The van der Waals surface area contributed by atoms with Crippen molar-refractivity contribution in [3.63, 3.8) is 0 Å². The number of ether oxygens (including phenoxy) is 2. The Labute approximate surface area is 157 Å². The molecule has 2 rings (SSSR count). The fraction of sp³-hybridized carbons (Fsp3) is 0.350. The standard InChI is InChI=1S/C20H24F2N2O3/c1-24(14-15-5-10-19(26-2)18(22)13-15)20(25)23-11-3-4-12-27-17-8-6-16(21)7-9-17/h5-10,13H,3-4,11-12,14H2,1-2H3,(H,23,25). The molecule has 0 spiro atoms. The van der Waals surface area contributed by atoms with E-state index in [0.717, 1.165) is 12.8 Å². The van der Waals surface area contributed by atoms with Gasteiger partial charge in [-0.15, -0.1) is 0 Å². The van der Waals surface area contributed by atoms with Gasteiger partial charge in [0.05, 0.1) is 13.7 Å². The van der Waals surface area contributed by atoms with Crippen molar-refractivity contribution in [2.75, 3.05) is 27.3 Å². The second-order valence-electron chi connectivity index (χ2n) is 6.07. The van der Waals surface area contributed by atoms with Crippen LogP contribution in [0.3, 0.4) is 0 Å². The minimum atomic E-state index is -0.454. The zero-order valence-electron chi connectivity index (χ0n) is 15.5. The molecule has 0 heterocycles. The number of benzene rings is 2. The molecule has 2 aromatic carbocycles. The first kappa shape index (κ1) is 20.5. The number of methoxy groups -OCH3 is 1. The first-order valence-corrected chi connectivity index (χ1v) is 8.69. The predicted octanol–water partition coefficient (Wildman–Crippen LogP) is 3.97. The number of carbonyl (C=O) groups is 1. The van der Waals surface area contributed by atoms with Gasteiger partial charge in [-0.1, -0.05) is 6.07 Å². The molecule has 0 aliphatic heterocycles. The van der Waals surface area contributed by atoms with Gasteiger partial charge in [0.25, 0.3) is 0 Å². The van der Waals surface area contributed by atoms with Crippen LogP contribution in [-0.4, -0.2) is 38.2 Å². The summed E-state index contributed by atoms with van der Waals surface area (Å²) in [4.78, 5) is 13.6. The lowest BCUT2D eigenvalue weighted by Gasteiger charge is -2.18. The second-order valence-corrected chi connectivity index (χ2v) is 6.07. The van der Waals surface area contributed by atoms with Crippen molar-refractivity contribution < 1.29 is 23.0 Å². The van der Waals surface area contributed by atoms with E-state index in [2.05, 4.69) is 5.32 Å². The zero-order valence-corrected chi connectivity index (χ0v) is 15.5. The summed E-state index contributed by atoms with van der Waals surface area (Å²) in [5.74, 6) is 0.0390. The van der Waals surface area contributed by atoms with Gasteiger partial charge in [0.15, 0.2) is 11.6 Å². The summed E-state index contributed by atoms with van der Waals surface area (Å²) in [7, 11) is 3.05. The number of unbranched alkanes of at least 4 members (excludes halogenated alkanes) is 1. The Hall–Kier alpha value is -2.83. The molecule has 1 N–H and O–H groups in total. The smallest absolute Gasteiger partial charge is 0.317 e. The highest BCUT2D eigenvalue weighted by molar-refractivity contribution is 5.73. The van der Waals surface area contributed by atoms with E-state index in [1.165, 1.54) is 36.3 Å². The number of rotatable bonds is 9. The van der Waals surface area contributed by atoms with Crippen molar-refractivity contribution in [2.24, 2.45) is 0 Å². The highest BCUT2D eigenvalue weighted by Gasteiger charge is 2.10. The molecule has 0 fully saturated rings. The molecular weight excluding hydrogens is 354 g/mol. The summed E-state index contributed by atoms with van der Waals surface area (Å²) in [6.07, 6.45) is 1.50. The van der Waals surface area contributed by atoms with E-state index in [4.69, 9.17) is 9.47 Å². The van der Waals surface area contributed by atoms with E-state index in [0.29, 0.717) is 31.0 Å². The maximum Gasteiger partial charge on any atom is 0.317 e. The molecule has 2 aromatic rings. The van der Waals surface area contributed by atoms with Gasteiger partial charge in [-0.05, 0) is 54.8 Å². The first-order chi connectivity index (χ1) is 13.0. The van der Waals surface area contributed by atoms with Crippen LogP contribution in [0.5, 0.6) is 11.5 Å². The maximum atomic E-state index is 13.7. The average molecular weight is 378 g/mol. The van der Waals surface area contributed by atoms with Gasteiger partial charge in [-0.2, -0.15) is 0 Å². The monoisotopic (exact) mass is 378 g/mol. The van der Waals surface area contributed by atoms with Crippen LogP contribution in [0.4, 0.5) is 13.6 Å². The number of amides is 2. The van der Waals surface area contributed by atoms with Crippen molar-refractivity contribution >= 4 is 6.03 Å². The van der Waals surface area contributed by atoms with Gasteiger partial charge in [-0.25, -0.2) is 13.6 Å². The lowest BCUT2D eigenvalue weighted by molar-refractivity contribution is 0.206. The van der Waals surface area contributed by atoms with E-state index < -0.39 is 5.82 Å². The van der Waals surface area contributed by atoms with Crippen molar-refractivity contribution in [1.29, 1.82) is 0 Å². The minimum Gasteiger partial charge on any atom is -0.494 e. The van der Waals surface area contributed by atoms with Crippen LogP contribution in [0.1, 0.15) is 18.4 Å². The lowest BCUT2D eigenvalue weighted by atomic mass is 10.2. The van der Waals surface area contributed by atoms with Crippen LogP contribution in [0.15, 0.2) is 42.5 Å². The van der Waals surface area contributed by atoms with E-state index in [1.54, 1.807) is 25.2 Å². The Bertz CT molecular complexity index is 739. The second kappa shape index (κ2) is 10.4. The highest BCUT2D eigenvalue weighted by atomic mass is 19.1. The van der Waals surface area contributed by atoms with Crippen LogP contribution in [0.2, 0.25) is 0 Å². The average Bonchev–Trinajstić information content (AvgIpc) is 2.66. The van der Waals surface area contributed by atoms with Gasteiger partial charge in [-0.3, -0.25) is 0 Å². The third kappa shape index (κ3) is 6.77. The summed E-state index contributed by atoms with van der Waals surface area (Å²) in [5, 5.41) is 2.81. The Morgan fingerprint density at radius 3 is 2.52 bits per heavy atom. The van der Waals surface area contributed by atoms with Crippen molar-refractivity contribution in [3.05, 3.63) is 59.7 Å². The molecule has 7 heteroatoms. The normalized spacial score (nSPS) is 10.4. The molecule has 0 saturated heterocycles. The molecule has 0 aromatic heterocycles. The quantitative estimate of drug-likeness (QED) is 0.672. The molecule has 0 radical (unpaired) electrons. The topological polar surface area (TPSA) is 50.8 Å². The fourth-order valence-corrected chi connectivity index (χ4v) is 2.43. The number of halogens is 2. The minimum absolute atomic E-state index is 0.175. The highest BCUT2D eigenvalue weighted by Crippen LogP contribution is 2.18. The molecule has 0 bridgehead atoms. The van der Waals surface area contributed by atoms with Crippen molar-refractivity contribution in [1.82, 2.24) is 10.2 Å². The van der Waals surface area contributed by atoms with Crippen LogP contribution >= 0.6 is 0 Å². The van der Waals surface area contributed by atoms with E-state index >= 15 is 0 Å². The number of nitrogens with zero attached hydrogens (tertiary/aromatic N) is 1. The summed E-state index contributed by atoms with van der Waals surface area (Å²) in [5.41, 5.74) is 0.679. The van der Waals surface area contributed by atoms with Gasteiger partial charge in [0.2, 0.25) is 0 Å². The number of hydrogen-bond acceptors (Lipinski definition) is 3. The van der Waals surface area contributed by atoms with Crippen molar-refractivity contribution in [3.8, 4) is 11.5 Å². The Morgan fingerprint density at radius 1 is 1.11 bits per heavy atom. The van der Waals surface area contributed by atoms with Gasteiger partial charge in [0, 0.05) is 20.1 Å². The predicted molar refractivity (Wildman–Crippen MR) is 98.9 cm³/mol. The summed E-state index contributed by atoms with van der Waals surface area (Å²) in [6, 6.07) is 10.2. The number of urea groups is 1. The molecule has 5 nitrogen and oxygen atoms in total. The Kier molecular flexibility index (Phi) is 7.85. The maximum absolute atomic E-state index is 13.7. The summed E-state index contributed by atoms with van der Waals surface area (Å²) < 4.78 is 36.8. The van der Waals surface area contributed by atoms with E-state index in [9.17, 15) is 13.6 Å². The van der Waals surface area contributed by atoms with Crippen LogP contribution < -0.4 is 14.8 Å². The number of hydrogen-bond donors (Lipinski definition) is 1. The van der Waals surface area contributed by atoms with E-state index in [1.807, 2.05) is 0 Å². The third-order valence-corrected chi connectivity index (χ3v) is 3.91. The fourth-order valence-electron chi connectivity index (χ4n) is 2.43. The molecule has 0 unspecified atom stereocenters. The van der Waals surface area contributed by atoms with E-state index in [-0.39, 0.29) is 17.6 Å². The first-order valence-electron chi connectivity index (χ1n) is 8.69. The lowest BCUT2D eigenvalue weighted by Crippen LogP contribution is -2.37. The van der Waals surface area contributed by atoms with Gasteiger partial charge < -0.3 is 19.7 Å².